The molecule has 0 aliphatic carbocycles. The summed E-state index contributed by atoms with van der Waals surface area (Å²) < 4.78 is 10.9. The Kier molecular flexibility index (Phi) is 5.52. The maximum Gasteiger partial charge on any atom is 0.290 e. The van der Waals surface area contributed by atoms with Gasteiger partial charge in [-0.2, -0.15) is 0 Å². The number of aryl methyl sites for hydroxylation is 1. The fourth-order valence-electron chi connectivity index (χ4n) is 4.01. The summed E-state index contributed by atoms with van der Waals surface area (Å²) in [5.74, 6) is -0.893. The normalized spacial score (nSPS) is 17.6. The van der Waals surface area contributed by atoms with E-state index in [9.17, 15) is 14.7 Å². The van der Waals surface area contributed by atoms with Gasteiger partial charge in [-0.3, -0.25) is 14.5 Å². The number of aliphatic hydroxyl groups is 1. The van der Waals surface area contributed by atoms with E-state index in [2.05, 4.69) is 0 Å². The van der Waals surface area contributed by atoms with Crippen LogP contribution in [0.4, 0.5) is 0 Å². The Bertz CT molecular complexity index is 1110. The Balaban J connectivity index is 1.80. The lowest BCUT2D eigenvalue weighted by Crippen LogP contribution is -2.38. The second kappa shape index (κ2) is 8.28. The van der Waals surface area contributed by atoms with Gasteiger partial charge in [0, 0.05) is 6.54 Å². The quantitative estimate of drug-likeness (QED) is 0.580. The van der Waals surface area contributed by atoms with E-state index in [1.165, 1.54) is 17.2 Å². The molecule has 1 amide bonds. The molecule has 31 heavy (non-hydrogen) atoms. The molecule has 0 bridgehead atoms. The van der Waals surface area contributed by atoms with Crippen LogP contribution in [-0.4, -0.2) is 47.2 Å². The van der Waals surface area contributed by atoms with Crippen LogP contribution in [-0.2, 0) is 4.79 Å². The molecule has 160 valence electrons. The molecule has 3 aromatic rings. The van der Waals surface area contributed by atoms with Crippen LogP contribution in [0, 0.1) is 6.92 Å². The third-order valence-corrected chi connectivity index (χ3v) is 5.64. The molecule has 0 radical (unpaired) electrons. The minimum atomic E-state index is -0.747. The summed E-state index contributed by atoms with van der Waals surface area (Å²) in [6, 6.07) is 13.3. The summed E-state index contributed by atoms with van der Waals surface area (Å²) in [7, 11) is 3.78. The summed E-state index contributed by atoms with van der Waals surface area (Å²) in [5, 5.41) is 10.8. The van der Waals surface area contributed by atoms with Crippen LogP contribution in [0.5, 0.6) is 0 Å². The van der Waals surface area contributed by atoms with Gasteiger partial charge in [0.25, 0.3) is 5.91 Å². The van der Waals surface area contributed by atoms with E-state index < -0.39 is 23.5 Å². The first kappa shape index (κ1) is 20.7. The molecule has 2 unspecified atom stereocenters. The van der Waals surface area contributed by atoms with Crippen LogP contribution in [0.1, 0.15) is 39.5 Å². The minimum absolute atomic E-state index is 0.0196. The summed E-state index contributed by atoms with van der Waals surface area (Å²) in [6.07, 6.45) is 2.97. The van der Waals surface area contributed by atoms with Crippen molar-refractivity contribution < 1.29 is 23.5 Å². The summed E-state index contributed by atoms with van der Waals surface area (Å²) in [5.41, 5.74) is 1.70. The number of aliphatic hydroxyl groups excluding tert-OH is 1. The van der Waals surface area contributed by atoms with Crippen molar-refractivity contribution in [1.82, 2.24) is 9.80 Å². The first-order valence-electron chi connectivity index (χ1n) is 9.97. The lowest BCUT2D eigenvalue weighted by molar-refractivity contribution is -0.130. The predicted molar refractivity (Wildman–Crippen MR) is 113 cm³/mol. The van der Waals surface area contributed by atoms with Crippen molar-refractivity contribution in [3.05, 3.63) is 95.0 Å². The van der Waals surface area contributed by atoms with E-state index in [0.717, 1.165) is 11.1 Å². The highest BCUT2D eigenvalue weighted by atomic mass is 16.3. The second-order valence-electron chi connectivity index (χ2n) is 7.78. The fraction of sp³-hybridized carbons (Fsp3) is 0.250. The third-order valence-electron chi connectivity index (χ3n) is 5.64. The van der Waals surface area contributed by atoms with Crippen LogP contribution in [0.2, 0.25) is 0 Å². The second-order valence-corrected chi connectivity index (χ2v) is 7.78. The van der Waals surface area contributed by atoms with Crippen LogP contribution < -0.4 is 0 Å². The molecule has 7 nitrogen and oxygen atoms in total. The van der Waals surface area contributed by atoms with E-state index in [-0.39, 0.29) is 23.9 Å². The molecule has 3 heterocycles. The zero-order valence-electron chi connectivity index (χ0n) is 17.6. The minimum Gasteiger partial charge on any atom is -0.503 e. The van der Waals surface area contributed by atoms with Crippen LogP contribution >= 0.6 is 0 Å². The zero-order chi connectivity index (χ0) is 22.1. The van der Waals surface area contributed by atoms with Gasteiger partial charge in [0.2, 0.25) is 5.78 Å². The van der Waals surface area contributed by atoms with Gasteiger partial charge in [0.05, 0.1) is 30.2 Å². The molecule has 0 saturated heterocycles. The number of amides is 1. The SMILES string of the molecule is Cc1ccccc1C1C(C(=O)c2ccco2)=C(O)C(=O)N1CC(c1ccco1)N(C)C. The summed E-state index contributed by atoms with van der Waals surface area (Å²) in [6.45, 7) is 2.13. The Morgan fingerprint density at radius 3 is 2.42 bits per heavy atom. The van der Waals surface area contributed by atoms with E-state index in [1.54, 1.807) is 18.4 Å². The molecule has 2 aromatic heterocycles. The molecule has 1 aromatic carbocycles. The van der Waals surface area contributed by atoms with Crippen LogP contribution in [0.3, 0.4) is 0 Å². The summed E-state index contributed by atoms with van der Waals surface area (Å²) in [4.78, 5) is 29.9. The highest BCUT2D eigenvalue weighted by Crippen LogP contribution is 2.41. The molecule has 0 fully saturated rings. The van der Waals surface area contributed by atoms with Crippen molar-refractivity contribution in [2.75, 3.05) is 20.6 Å². The number of likely N-dealkylation sites (N-methyl/N-ethyl adjacent to an activating group) is 1. The van der Waals surface area contributed by atoms with Gasteiger partial charge in [-0.25, -0.2) is 0 Å². The topological polar surface area (TPSA) is 87.1 Å². The van der Waals surface area contributed by atoms with Crippen LogP contribution in [0.15, 0.2) is 81.2 Å². The Morgan fingerprint density at radius 1 is 1.10 bits per heavy atom. The van der Waals surface area contributed by atoms with Crippen LogP contribution in [0.25, 0.3) is 0 Å². The largest absolute Gasteiger partial charge is 0.503 e. The number of Topliss-reactive ketones (excluding diaryl/α,β-unsaturated/α-hetero) is 1. The van der Waals surface area contributed by atoms with Crippen molar-refractivity contribution in [2.24, 2.45) is 0 Å². The fourth-order valence-corrected chi connectivity index (χ4v) is 4.01. The zero-order valence-corrected chi connectivity index (χ0v) is 17.6. The van der Waals surface area contributed by atoms with Gasteiger partial charge >= 0.3 is 0 Å². The lowest BCUT2D eigenvalue weighted by atomic mass is 9.92. The molecule has 4 rings (SSSR count). The molecule has 0 spiro atoms. The highest BCUT2D eigenvalue weighted by Gasteiger charge is 2.46. The average molecular weight is 420 g/mol. The number of furan rings is 2. The number of nitrogens with zero attached hydrogens (tertiary/aromatic N) is 2. The molecule has 2 atom stereocenters. The van der Waals surface area contributed by atoms with Gasteiger partial charge in [0.1, 0.15) is 5.76 Å². The molecule has 1 aliphatic heterocycles. The first-order chi connectivity index (χ1) is 14.9. The Morgan fingerprint density at radius 2 is 1.81 bits per heavy atom. The number of hydrogen-bond donors (Lipinski definition) is 1. The maximum absolute atomic E-state index is 13.2. The average Bonchev–Trinajstić information content (AvgIpc) is 3.50. The molecule has 7 heteroatoms. The predicted octanol–water partition coefficient (Wildman–Crippen LogP) is 4.06. The van der Waals surface area contributed by atoms with Crippen molar-refractivity contribution >= 4 is 11.7 Å². The van der Waals surface area contributed by atoms with E-state index in [4.69, 9.17) is 8.83 Å². The standard InChI is InChI=1S/C24H24N2O5/c1-15-8-4-5-9-16(15)21-20(22(27)19-11-7-13-31-19)23(28)24(29)26(21)14-17(25(2)3)18-10-6-12-30-18/h4-13,17,21,28H,14H2,1-3H3. The first-order valence-corrected chi connectivity index (χ1v) is 9.97. The van der Waals surface area contributed by atoms with Crippen molar-refractivity contribution in [3.8, 4) is 0 Å². The Hall–Kier alpha value is -3.58. The third kappa shape index (κ3) is 3.68. The van der Waals surface area contributed by atoms with Crippen molar-refractivity contribution in [2.45, 2.75) is 19.0 Å². The lowest BCUT2D eigenvalue weighted by Gasteiger charge is -2.33. The monoisotopic (exact) mass is 420 g/mol. The number of benzene rings is 1. The maximum atomic E-state index is 13.2. The van der Waals surface area contributed by atoms with E-state index in [0.29, 0.717) is 5.76 Å². The number of hydrogen-bond acceptors (Lipinski definition) is 6. The molecule has 1 aliphatic rings. The van der Waals surface area contributed by atoms with Gasteiger partial charge in [-0.05, 0) is 56.4 Å². The van der Waals surface area contributed by atoms with E-state index >= 15 is 0 Å². The van der Waals surface area contributed by atoms with Gasteiger partial charge in [-0.1, -0.05) is 24.3 Å². The van der Waals surface area contributed by atoms with Gasteiger partial charge in [0.15, 0.2) is 11.5 Å². The summed E-state index contributed by atoms with van der Waals surface area (Å²) >= 11 is 0. The van der Waals surface area contributed by atoms with Gasteiger partial charge in [-0.15, -0.1) is 0 Å². The number of carbonyl (C=O) groups excluding carboxylic acids is 2. The van der Waals surface area contributed by atoms with Crippen molar-refractivity contribution in [1.29, 1.82) is 0 Å². The number of rotatable bonds is 7. The Labute approximate surface area is 180 Å². The van der Waals surface area contributed by atoms with E-state index in [1.807, 2.05) is 56.3 Å². The number of ketones is 1. The van der Waals surface area contributed by atoms with Crippen molar-refractivity contribution in [3.63, 3.8) is 0 Å². The number of carbonyl (C=O) groups is 2. The molecule has 0 saturated carbocycles. The smallest absolute Gasteiger partial charge is 0.290 e. The highest BCUT2D eigenvalue weighted by molar-refractivity contribution is 6.15. The molecule has 1 N–H and O–H groups in total. The molecular formula is C24H24N2O5. The van der Waals surface area contributed by atoms with Gasteiger partial charge < -0.3 is 18.8 Å². The molecular weight excluding hydrogens is 396 g/mol.